The first-order valence-electron chi connectivity index (χ1n) is 7.66. The van der Waals surface area contributed by atoms with E-state index < -0.39 is 5.97 Å². The van der Waals surface area contributed by atoms with Crippen molar-refractivity contribution in [3.8, 4) is 0 Å². The van der Waals surface area contributed by atoms with Gasteiger partial charge in [-0.15, -0.1) is 0 Å². The smallest absolute Gasteiger partial charge is 0.335 e. The van der Waals surface area contributed by atoms with Gasteiger partial charge in [0.05, 0.1) is 5.56 Å². The number of carboxylic acid groups (broad SMARTS) is 1. The Balaban J connectivity index is 2.07. The van der Waals surface area contributed by atoms with E-state index in [0.29, 0.717) is 24.1 Å². The van der Waals surface area contributed by atoms with Crippen LogP contribution in [-0.4, -0.2) is 29.1 Å². The van der Waals surface area contributed by atoms with Crippen LogP contribution >= 0.6 is 11.6 Å². The number of halogens is 1. The topological polar surface area (TPSA) is 40.5 Å². The van der Waals surface area contributed by atoms with Gasteiger partial charge in [0.25, 0.3) is 0 Å². The van der Waals surface area contributed by atoms with E-state index in [-0.39, 0.29) is 0 Å². The Morgan fingerprint density at radius 1 is 1.17 bits per heavy atom. The maximum atomic E-state index is 11.1. The van der Waals surface area contributed by atoms with Crippen LogP contribution in [0.3, 0.4) is 0 Å². The number of likely N-dealkylation sites (N-methyl/N-ethyl adjacent to an activating group) is 1. The van der Waals surface area contributed by atoms with E-state index in [4.69, 9.17) is 16.7 Å². The average Bonchev–Trinajstić information content (AvgIpc) is 2.54. The summed E-state index contributed by atoms with van der Waals surface area (Å²) in [5.41, 5.74) is 2.57. The van der Waals surface area contributed by atoms with Crippen LogP contribution < -0.4 is 0 Å². The molecule has 0 aromatic heterocycles. The maximum Gasteiger partial charge on any atom is 0.335 e. The summed E-state index contributed by atoms with van der Waals surface area (Å²) >= 11 is 5.95. The Morgan fingerprint density at radius 3 is 2.43 bits per heavy atom. The normalized spacial score (nSPS) is 13.8. The highest BCUT2D eigenvalue weighted by molar-refractivity contribution is 6.30. The second-order valence-electron chi connectivity index (χ2n) is 6.00. The molecule has 0 fully saturated rings. The summed E-state index contributed by atoms with van der Waals surface area (Å²) in [5.74, 6) is -0.544. The Morgan fingerprint density at radius 2 is 1.83 bits per heavy atom. The zero-order valence-electron chi connectivity index (χ0n) is 13.7. The highest BCUT2D eigenvalue weighted by Gasteiger charge is 2.19. The average molecular weight is 332 g/mol. The zero-order valence-corrected chi connectivity index (χ0v) is 14.4. The van der Waals surface area contributed by atoms with Crippen molar-refractivity contribution in [1.82, 2.24) is 4.90 Å². The van der Waals surface area contributed by atoms with Gasteiger partial charge >= 0.3 is 5.97 Å². The van der Waals surface area contributed by atoms with Gasteiger partial charge in [-0.05, 0) is 55.3 Å². The van der Waals surface area contributed by atoms with E-state index in [2.05, 4.69) is 37.9 Å². The number of carboxylic acids is 1. The first kappa shape index (κ1) is 17.5. The van der Waals surface area contributed by atoms with Crippen molar-refractivity contribution in [3.05, 3.63) is 70.2 Å². The molecule has 4 heteroatoms. The molecule has 0 bridgehead atoms. The summed E-state index contributed by atoms with van der Waals surface area (Å²) in [7, 11) is 2.06. The van der Waals surface area contributed by atoms with Crippen molar-refractivity contribution < 1.29 is 9.90 Å². The molecule has 0 aliphatic carbocycles. The highest BCUT2D eigenvalue weighted by atomic mass is 35.5. The largest absolute Gasteiger partial charge is 0.478 e. The molecular weight excluding hydrogens is 310 g/mol. The van der Waals surface area contributed by atoms with Crippen LogP contribution in [0, 0.1) is 0 Å². The van der Waals surface area contributed by atoms with Crippen molar-refractivity contribution in [1.29, 1.82) is 0 Å². The molecule has 2 rings (SSSR count). The molecule has 2 atom stereocenters. The number of nitrogens with zero attached hydrogens (tertiary/aromatic N) is 1. The monoisotopic (exact) mass is 331 g/mol. The summed E-state index contributed by atoms with van der Waals surface area (Å²) < 4.78 is 0. The molecule has 23 heavy (non-hydrogen) atoms. The van der Waals surface area contributed by atoms with Crippen LogP contribution in [0.15, 0.2) is 48.5 Å². The predicted molar refractivity (Wildman–Crippen MR) is 94.2 cm³/mol. The Kier molecular flexibility index (Phi) is 5.80. The van der Waals surface area contributed by atoms with Crippen molar-refractivity contribution in [2.75, 3.05) is 7.05 Å². The number of aromatic carboxylic acids is 1. The summed E-state index contributed by atoms with van der Waals surface area (Å²) in [6.07, 6.45) is 0. The molecule has 122 valence electrons. The predicted octanol–water partition coefficient (Wildman–Crippen LogP) is 4.66. The molecule has 2 aromatic carbocycles. The summed E-state index contributed by atoms with van der Waals surface area (Å²) in [6.45, 7) is 5.08. The molecule has 0 radical (unpaired) electrons. The highest BCUT2D eigenvalue weighted by Crippen LogP contribution is 2.24. The van der Waals surface area contributed by atoms with E-state index in [1.807, 2.05) is 18.2 Å². The number of benzene rings is 2. The molecule has 0 spiro atoms. The fraction of sp³-hybridized carbons (Fsp3) is 0.316. The molecule has 2 unspecified atom stereocenters. The minimum atomic E-state index is -0.892. The van der Waals surface area contributed by atoms with Gasteiger partial charge in [-0.3, -0.25) is 4.90 Å². The van der Waals surface area contributed by atoms with E-state index in [1.165, 1.54) is 5.56 Å². The van der Waals surface area contributed by atoms with E-state index in [0.717, 1.165) is 10.6 Å². The van der Waals surface area contributed by atoms with Crippen LogP contribution in [0.4, 0.5) is 0 Å². The second-order valence-corrected chi connectivity index (χ2v) is 6.44. The second kappa shape index (κ2) is 7.62. The summed E-state index contributed by atoms with van der Waals surface area (Å²) in [6, 6.07) is 15.4. The standard InChI is InChI=1S/C19H22ClNO2/c1-13(16-7-9-18(20)10-8-16)14(2)21(3)12-15-5-4-6-17(11-15)19(22)23/h4-11,13-14H,12H2,1-3H3,(H,22,23). The summed E-state index contributed by atoms with van der Waals surface area (Å²) in [5, 5.41) is 9.83. The third kappa shape index (κ3) is 4.57. The van der Waals surface area contributed by atoms with Gasteiger partial charge in [0.1, 0.15) is 0 Å². The molecule has 3 nitrogen and oxygen atoms in total. The maximum absolute atomic E-state index is 11.1. The van der Waals surface area contributed by atoms with Crippen molar-refractivity contribution in [2.45, 2.75) is 32.4 Å². The van der Waals surface area contributed by atoms with Crippen LogP contribution in [0.5, 0.6) is 0 Å². The molecule has 0 saturated heterocycles. The fourth-order valence-electron chi connectivity index (χ4n) is 2.66. The number of rotatable bonds is 6. The van der Waals surface area contributed by atoms with Gasteiger partial charge in [-0.25, -0.2) is 4.79 Å². The van der Waals surface area contributed by atoms with Crippen LogP contribution in [0.1, 0.15) is 41.3 Å². The Hall–Kier alpha value is -1.84. The zero-order chi connectivity index (χ0) is 17.0. The lowest BCUT2D eigenvalue weighted by Crippen LogP contribution is -2.32. The molecule has 0 saturated carbocycles. The van der Waals surface area contributed by atoms with Crippen LogP contribution in [0.2, 0.25) is 5.02 Å². The molecule has 2 aromatic rings. The minimum absolute atomic E-state index is 0.310. The van der Waals surface area contributed by atoms with Gasteiger partial charge in [-0.1, -0.05) is 42.8 Å². The third-order valence-corrected chi connectivity index (χ3v) is 4.67. The number of hydrogen-bond donors (Lipinski definition) is 1. The molecule has 0 heterocycles. The third-order valence-electron chi connectivity index (χ3n) is 4.42. The van der Waals surface area contributed by atoms with Crippen molar-refractivity contribution >= 4 is 17.6 Å². The fourth-order valence-corrected chi connectivity index (χ4v) is 2.79. The number of hydrogen-bond acceptors (Lipinski definition) is 2. The first-order valence-corrected chi connectivity index (χ1v) is 8.04. The molecule has 0 aliphatic heterocycles. The Labute approximate surface area is 142 Å². The lowest BCUT2D eigenvalue weighted by molar-refractivity contribution is 0.0696. The molecule has 1 N–H and O–H groups in total. The van der Waals surface area contributed by atoms with Gasteiger partial charge in [0.2, 0.25) is 0 Å². The van der Waals surface area contributed by atoms with Crippen LogP contribution in [-0.2, 0) is 6.54 Å². The SMILES string of the molecule is CC(c1ccc(Cl)cc1)C(C)N(C)Cc1cccc(C(=O)O)c1. The number of carbonyl (C=O) groups is 1. The van der Waals surface area contributed by atoms with Crippen LogP contribution in [0.25, 0.3) is 0 Å². The Bertz CT molecular complexity index is 669. The molecular formula is C19H22ClNO2. The first-order chi connectivity index (χ1) is 10.9. The quantitative estimate of drug-likeness (QED) is 0.836. The van der Waals surface area contributed by atoms with Gasteiger partial charge in [0.15, 0.2) is 0 Å². The molecule has 0 aliphatic rings. The lowest BCUT2D eigenvalue weighted by atomic mass is 9.93. The van der Waals surface area contributed by atoms with Gasteiger partial charge in [-0.2, -0.15) is 0 Å². The molecule has 0 amide bonds. The van der Waals surface area contributed by atoms with E-state index in [1.54, 1.807) is 18.2 Å². The lowest BCUT2D eigenvalue weighted by Gasteiger charge is -2.30. The minimum Gasteiger partial charge on any atom is -0.478 e. The van der Waals surface area contributed by atoms with Crippen molar-refractivity contribution in [2.24, 2.45) is 0 Å². The van der Waals surface area contributed by atoms with Gasteiger partial charge in [0, 0.05) is 17.6 Å². The summed E-state index contributed by atoms with van der Waals surface area (Å²) in [4.78, 5) is 13.3. The van der Waals surface area contributed by atoms with Crippen molar-refractivity contribution in [3.63, 3.8) is 0 Å². The van der Waals surface area contributed by atoms with E-state index >= 15 is 0 Å². The van der Waals surface area contributed by atoms with E-state index in [9.17, 15) is 4.79 Å². The van der Waals surface area contributed by atoms with Gasteiger partial charge < -0.3 is 5.11 Å².